The lowest BCUT2D eigenvalue weighted by molar-refractivity contribution is -0.0167. The van der Waals surface area contributed by atoms with Crippen molar-refractivity contribution in [1.29, 1.82) is 0 Å². The van der Waals surface area contributed by atoms with Gasteiger partial charge in [0.15, 0.2) is 17.3 Å². The molecule has 2 fully saturated rings. The van der Waals surface area contributed by atoms with Crippen molar-refractivity contribution in [3.8, 4) is 0 Å². The van der Waals surface area contributed by atoms with E-state index < -0.39 is 0 Å². The minimum atomic E-state index is -0.363. The number of nitrogens with one attached hydrogen (secondary N) is 1. The van der Waals surface area contributed by atoms with E-state index in [1.807, 2.05) is 43.3 Å². The van der Waals surface area contributed by atoms with Gasteiger partial charge in [-0.05, 0) is 43.0 Å². The molecule has 1 atom stereocenters. The van der Waals surface area contributed by atoms with Crippen molar-refractivity contribution >= 4 is 39.7 Å². The summed E-state index contributed by atoms with van der Waals surface area (Å²) in [6.07, 6.45) is 2.04. The van der Waals surface area contributed by atoms with Crippen molar-refractivity contribution in [3.05, 3.63) is 64.0 Å². The largest absolute Gasteiger partial charge is 0.391 e. The Labute approximate surface area is 198 Å². The van der Waals surface area contributed by atoms with Crippen molar-refractivity contribution in [2.24, 2.45) is 0 Å². The second-order valence-corrected chi connectivity index (χ2v) is 9.40. The average Bonchev–Trinajstić information content (AvgIpc) is 3.19. The second kappa shape index (κ2) is 8.79. The Kier molecular flexibility index (Phi) is 5.83. The number of hydrogen-bond acceptors (Lipinski definition) is 6. The molecule has 0 aliphatic carbocycles. The van der Waals surface area contributed by atoms with Crippen molar-refractivity contribution in [2.45, 2.75) is 44.4 Å². The Morgan fingerprint density at radius 3 is 2.73 bits per heavy atom. The first-order chi connectivity index (χ1) is 16.0. The van der Waals surface area contributed by atoms with Crippen LogP contribution in [0.5, 0.6) is 0 Å². The molecule has 3 aromatic rings. The van der Waals surface area contributed by atoms with Gasteiger partial charge in [0.2, 0.25) is 0 Å². The van der Waals surface area contributed by atoms with Gasteiger partial charge in [-0.25, -0.2) is 4.85 Å². The minimum Gasteiger partial charge on any atom is -0.391 e. The van der Waals surface area contributed by atoms with Crippen LogP contribution in [-0.2, 0) is 11.3 Å². The van der Waals surface area contributed by atoms with Gasteiger partial charge in [-0.15, -0.1) is 10.2 Å². The molecule has 7 nitrogen and oxygen atoms in total. The molecule has 170 valence electrons. The van der Waals surface area contributed by atoms with Gasteiger partial charge in [0, 0.05) is 41.9 Å². The Hall–Kier alpha value is -2.92. The topological polar surface area (TPSA) is 74.9 Å². The predicted octanol–water partition coefficient (Wildman–Crippen LogP) is 4.87. The third-order valence-corrected chi connectivity index (χ3v) is 7.14. The summed E-state index contributed by atoms with van der Waals surface area (Å²) in [6, 6.07) is 11.6. The summed E-state index contributed by atoms with van der Waals surface area (Å²) >= 11 is 6.27. The summed E-state index contributed by atoms with van der Waals surface area (Å²) in [4.78, 5) is 5.83. The predicted molar refractivity (Wildman–Crippen MR) is 130 cm³/mol. The molecule has 2 aliphatic heterocycles. The molecule has 5 rings (SSSR count). The van der Waals surface area contributed by atoms with E-state index in [1.165, 1.54) is 0 Å². The Morgan fingerprint density at radius 2 is 2.03 bits per heavy atom. The maximum atomic E-state index is 9.91. The average molecular weight is 464 g/mol. The highest BCUT2D eigenvalue weighted by molar-refractivity contribution is 6.31. The highest BCUT2D eigenvalue weighted by atomic mass is 35.5. The van der Waals surface area contributed by atoms with E-state index >= 15 is 0 Å². The van der Waals surface area contributed by atoms with Gasteiger partial charge in [-0.1, -0.05) is 35.9 Å². The van der Waals surface area contributed by atoms with Gasteiger partial charge in [0.25, 0.3) is 0 Å². The molecule has 3 heterocycles. The Morgan fingerprint density at radius 1 is 1.21 bits per heavy atom. The highest BCUT2D eigenvalue weighted by Crippen LogP contribution is 2.39. The van der Waals surface area contributed by atoms with E-state index in [-0.39, 0.29) is 11.7 Å². The summed E-state index contributed by atoms with van der Waals surface area (Å²) in [5, 5.41) is 24.9. The molecule has 0 saturated carbocycles. The fraction of sp³-hybridized carbons (Fsp3) is 0.400. The maximum absolute atomic E-state index is 9.91. The number of ether oxygens (including phenoxy) is 1. The maximum Gasteiger partial charge on any atom is 0.188 e. The summed E-state index contributed by atoms with van der Waals surface area (Å²) in [7, 11) is 0. The van der Waals surface area contributed by atoms with Crippen LogP contribution in [0.1, 0.15) is 30.4 Å². The molecule has 1 spiro atoms. The van der Waals surface area contributed by atoms with Crippen LogP contribution in [0.3, 0.4) is 0 Å². The van der Waals surface area contributed by atoms with E-state index in [0.29, 0.717) is 31.1 Å². The normalized spacial score (nSPS) is 19.7. The molecular weight excluding hydrogens is 438 g/mol. The molecule has 1 aromatic heterocycles. The van der Waals surface area contributed by atoms with Crippen LogP contribution < -0.4 is 10.2 Å². The SMILES string of the molecule is [C-]#[N+]c1ccc2c(N3CCC4(CC3)CC(O)CO4)nnc(NCc3ccc(C)c(Cl)c3)c2c1. The number of halogens is 1. The standard InChI is InChI=1S/C25H26ClN5O2/c1-16-3-4-17(11-22(16)26)14-28-23-21-12-18(27-2)5-6-20(21)24(30-29-23)31-9-7-25(8-10-31)13-19(32)15-33-25/h3-6,11-12,19,32H,7-10,13-15H2,1H3,(H,28,29). The number of aromatic nitrogens is 2. The van der Waals surface area contributed by atoms with Crippen LogP contribution in [0.25, 0.3) is 15.6 Å². The number of hydrogen-bond donors (Lipinski definition) is 2. The molecule has 2 aromatic carbocycles. The lowest BCUT2D eigenvalue weighted by atomic mass is 9.88. The number of aliphatic hydroxyl groups is 1. The van der Waals surface area contributed by atoms with Gasteiger partial charge in [-0.3, -0.25) is 0 Å². The molecule has 33 heavy (non-hydrogen) atoms. The lowest BCUT2D eigenvalue weighted by Crippen LogP contribution is -2.44. The van der Waals surface area contributed by atoms with Gasteiger partial charge < -0.3 is 20.1 Å². The summed E-state index contributed by atoms with van der Waals surface area (Å²) in [5.41, 5.74) is 2.44. The first-order valence-corrected chi connectivity index (χ1v) is 11.6. The van der Waals surface area contributed by atoms with Gasteiger partial charge in [0.1, 0.15) is 0 Å². The van der Waals surface area contributed by atoms with Gasteiger partial charge >= 0.3 is 0 Å². The van der Waals surface area contributed by atoms with Crippen molar-refractivity contribution in [3.63, 3.8) is 0 Å². The Bertz CT molecular complexity index is 1230. The zero-order valence-electron chi connectivity index (χ0n) is 18.5. The molecular formula is C25H26ClN5O2. The van der Waals surface area contributed by atoms with Gasteiger partial charge in [-0.2, -0.15) is 0 Å². The van der Waals surface area contributed by atoms with E-state index in [0.717, 1.165) is 58.7 Å². The molecule has 2 saturated heterocycles. The highest BCUT2D eigenvalue weighted by Gasteiger charge is 2.42. The fourth-order valence-electron chi connectivity index (χ4n) is 4.79. The van der Waals surface area contributed by atoms with E-state index in [4.69, 9.17) is 22.9 Å². The van der Waals surface area contributed by atoms with Crippen molar-refractivity contribution < 1.29 is 9.84 Å². The van der Waals surface area contributed by atoms with E-state index in [1.54, 1.807) is 0 Å². The third-order valence-electron chi connectivity index (χ3n) is 6.73. The van der Waals surface area contributed by atoms with Crippen LogP contribution in [-0.4, -0.2) is 46.7 Å². The number of rotatable bonds is 4. The zero-order chi connectivity index (χ0) is 23.0. The molecule has 8 heteroatoms. The van der Waals surface area contributed by atoms with Gasteiger partial charge in [0.05, 0.1) is 24.9 Å². The van der Waals surface area contributed by atoms with Crippen LogP contribution in [0.2, 0.25) is 5.02 Å². The number of nitrogens with zero attached hydrogens (tertiary/aromatic N) is 4. The first kappa shape index (κ1) is 21.9. The number of aryl methyl sites for hydroxylation is 1. The number of fused-ring (bicyclic) bond motifs is 1. The van der Waals surface area contributed by atoms with Crippen molar-refractivity contribution in [1.82, 2.24) is 10.2 Å². The number of aliphatic hydroxyl groups excluding tert-OH is 1. The van der Waals surface area contributed by atoms with E-state index in [2.05, 4.69) is 25.3 Å². The molecule has 0 amide bonds. The monoisotopic (exact) mass is 463 g/mol. The second-order valence-electron chi connectivity index (χ2n) is 8.99. The number of benzene rings is 2. The van der Waals surface area contributed by atoms with Crippen LogP contribution in [0, 0.1) is 13.5 Å². The molecule has 2 N–H and O–H groups in total. The molecule has 0 radical (unpaired) electrons. The number of piperidine rings is 1. The summed E-state index contributed by atoms with van der Waals surface area (Å²) in [5.74, 6) is 1.46. The third kappa shape index (κ3) is 4.34. The molecule has 2 aliphatic rings. The van der Waals surface area contributed by atoms with Crippen LogP contribution in [0.4, 0.5) is 17.3 Å². The smallest absolute Gasteiger partial charge is 0.188 e. The molecule has 0 bridgehead atoms. The van der Waals surface area contributed by atoms with Crippen molar-refractivity contribution in [2.75, 3.05) is 29.9 Å². The van der Waals surface area contributed by atoms with Crippen LogP contribution in [0.15, 0.2) is 36.4 Å². The first-order valence-electron chi connectivity index (χ1n) is 11.2. The minimum absolute atomic E-state index is 0.215. The zero-order valence-corrected chi connectivity index (χ0v) is 19.3. The number of anilines is 2. The Balaban J connectivity index is 1.42. The summed E-state index contributed by atoms with van der Waals surface area (Å²) < 4.78 is 5.94. The molecule has 1 unspecified atom stereocenters. The summed E-state index contributed by atoms with van der Waals surface area (Å²) in [6.45, 7) is 12.0. The lowest BCUT2D eigenvalue weighted by Gasteiger charge is -2.39. The fourth-order valence-corrected chi connectivity index (χ4v) is 4.99. The van der Waals surface area contributed by atoms with E-state index in [9.17, 15) is 5.11 Å². The quantitative estimate of drug-likeness (QED) is 0.537. The van der Waals surface area contributed by atoms with Crippen LogP contribution >= 0.6 is 11.6 Å².